The lowest BCUT2D eigenvalue weighted by Gasteiger charge is -2.37. The van der Waals surface area contributed by atoms with Gasteiger partial charge in [-0.2, -0.15) is 0 Å². The zero-order valence-electron chi connectivity index (χ0n) is 19.8. The summed E-state index contributed by atoms with van der Waals surface area (Å²) in [6, 6.07) is 31.3. The molecule has 0 N–H and O–H groups in total. The van der Waals surface area contributed by atoms with Crippen LogP contribution < -0.4 is 0 Å². The van der Waals surface area contributed by atoms with Gasteiger partial charge < -0.3 is 0 Å². The Balaban J connectivity index is 0.00000304. The Morgan fingerprint density at radius 1 is 0.750 bits per heavy atom. The second-order valence-corrected chi connectivity index (χ2v) is 9.16. The zero-order chi connectivity index (χ0) is 24.2. The van der Waals surface area contributed by atoms with Gasteiger partial charge in [0.2, 0.25) is 0 Å². The molecule has 1 fully saturated rings. The predicted octanol–water partition coefficient (Wildman–Crippen LogP) is 7.28. The first-order chi connectivity index (χ1) is 17.1. The largest absolute Gasteiger partial charge is 0.299 e. The van der Waals surface area contributed by atoms with Gasteiger partial charge in [0.25, 0.3) is 0 Å². The minimum atomic E-state index is -0.319. The molecule has 4 aromatic carbocycles. The van der Waals surface area contributed by atoms with Gasteiger partial charge in [-0.15, -0.1) is 12.4 Å². The molecule has 0 bridgehead atoms. The lowest BCUT2D eigenvalue weighted by atomic mass is 9.76. The van der Waals surface area contributed by atoms with Crippen molar-refractivity contribution in [1.29, 1.82) is 0 Å². The summed E-state index contributed by atoms with van der Waals surface area (Å²) in [6.07, 6.45) is 0.455. The van der Waals surface area contributed by atoms with Crippen molar-refractivity contribution in [2.45, 2.75) is 18.9 Å². The van der Waals surface area contributed by atoms with Gasteiger partial charge in [-0.3, -0.25) is 9.69 Å². The van der Waals surface area contributed by atoms with E-state index in [2.05, 4.69) is 29.2 Å². The molecular formula is C31H28ClF2NO. The van der Waals surface area contributed by atoms with Gasteiger partial charge in [0.05, 0.1) is 0 Å². The van der Waals surface area contributed by atoms with Crippen LogP contribution in [-0.2, 0) is 11.3 Å². The van der Waals surface area contributed by atoms with Crippen molar-refractivity contribution in [3.63, 3.8) is 0 Å². The number of halogens is 3. The second kappa shape index (κ2) is 11.6. The highest BCUT2D eigenvalue weighted by atomic mass is 35.5. The number of rotatable bonds is 6. The number of piperidine rings is 1. The first-order valence-corrected chi connectivity index (χ1v) is 12.0. The molecule has 4 aromatic rings. The Morgan fingerprint density at radius 2 is 1.31 bits per heavy atom. The number of ketones is 1. The number of likely N-dealkylation sites (tertiary alicyclic amines) is 1. The van der Waals surface area contributed by atoms with Crippen LogP contribution in [0.3, 0.4) is 0 Å². The van der Waals surface area contributed by atoms with E-state index in [1.807, 2.05) is 30.3 Å². The van der Waals surface area contributed by atoms with Crippen molar-refractivity contribution in [2.24, 2.45) is 5.92 Å². The molecule has 36 heavy (non-hydrogen) atoms. The number of hydrogen-bond donors (Lipinski definition) is 0. The smallest absolute Gasteiger partial charge is 0.139 e. The Bertz CT molecular complexity index is 1250. The van der Waals surface area contributed by atoms with E-state index < -0.39 is 0 Å². The van der Waals surface area contributed by atoms with Crippen molar-refractivity contribution in [3.8, 4) is 11.1 Å². The lowest BCUT2D eigenvalue weighted by Crippen LogP contribution is -2.43. The summed E-state index contributed by atoms with van der Waals surface area (Å²) >= 11 is 0. The first kappa shape index (κ1) is 25.7. The fraction of sp³-hybridized carbons (Fsp3) is 0.194. The molecule has 0 amide bonds. The van der Waals surface area contributed by atoms with Crippen molar-refractivity contribution >= 4 is 18.2 Å². The van der Waals surface area contributed by atoms with E-state index in [0.717, 1.165) is 17.7 Å². The normalized spacial score (nSPS) is 16.1. The molecule has 0 spiro atoms. The Kier molecular flexibility index (Phi) is 8.29. The Labute approximate surface area is 217 Å². The topological polar surface area (TPSA) is 20.3 Å². The molecule has 2 nitrogen and oxygen atoms in total. The molecule has 1 aliphatic rings. The van der Waals surface area contributed by atoms with E-state index in [-0.39, 0.29) is 41.7 Å². The molecule has 1 saturated heterocycles. The SMILES string of the molecule is Cl.O=C1CCN(Cc2ccccc2-c2ccccc2)CC1C(c1ccc(F)cc1)c1ccc(F)cc1. The molecular weight excluding hydrogens is 476 g/mol. The summed E-state index contributed by atoms with van der Waals surface area (Å²) in [6.45, 7) is 2.01. The molecule has 0 aliphatic carbocycles. The van der Waals surface area contributed by atoms with Crippen LogP contribution in [0.1, 0.15) is 29.0 Å². The maximum absolute atomic E-state index is 13.7. The summed E-state index contributed by atoms with van der Waals surface area (Å²) in [5.41, 5.74) is 5.30. The van der Waals surface area contributed by atoms with Crippen LogP contribution in [0.5, 0.6) is 0 Å². The molecule has 1 aliphatic heterocycles. The van der Waals surface area contributed by atoms with Crippen LogP contribution in [0.4, 0.5) is 8.78 Å². The number of carbonyl (C=O) groups is 1. The zero-order valence-corrected chi connectivity index (χ0v) is 20.6. The number of hydrogen-bond acceptors (Lipinski definition) is 2. The fourth-order valence-electron chi connectivity index (χ4n) is 5.16. The third kappa shape index (κ3) is 5.72. The molecule has 1 unspecified atom stereocenters. The summed E-state index contributed by atoms with van der Waals surface area (Å²) in [5.74, 6) is -1.02. The summed E-state index contributed by atoms with van der Waals surface area (Å²) in [4.78, 5) is 15.6. The molecule has 0 saturated carbocycles. The molecule has 184 valence electrons. The Hall–Kier alpha value is -3.34. The van der Waals surface area contributed by atoms with Crippen LogP contribution in [0.25, 0.3) is 11.1 Å². The van der Waals surface area contributed by atoms with Crippen LogP contribution in [0.15, 0.2) is 103 Å². The summed E-state index contributed by atoms with van der Waals surface area (Å²) in [5, 5.41) is 0. The average molecular weight is 504 g/mol. The molecule has 0 aromatic heterocycles. The maximum atomic E-state index is 13.7. The van der Waals surface area contributed by atoms with Crippen molar-refractivity contribution in [3.05, 3.63) is 131 Å². The minimum absolute atomic E-state index is 0. The molecule has 1 heterocycles. The number of benzene rings is 4. The van der Waals surface area contributed by atoms with Gasteiger partial charge in [0.15, 0.2) is 0 Å². The maximum Gasteiger partial charge on any atom is 0.139 e. The highest BCUT2D eigenvalue weighted by Gasteiger charge is 2.35. The van der Waals surface area contributed by atoms with E-state index in [1.165, 1.54) is 41.0 Å². The van der Waals surface area contributed by atoms with Crippen LogP contribution in [0.2, 0.25) is 0 Å². The van der Waals surface area contributed by atoms with Crippen molar-refractivity contribution in [2.75, 3.05) is 13.1 Å². The molecule has 1 atom stereocenters. The van der Waals surface area contributed by atoms with Gasteiger partial charge in [0.1, 0.15) is 17.4 Å². The lowest BCUT2D eigenvalue weighted by molar-refractivity contribution is -0.126. The number of carbonyl (C=O) groups excluding carboxylic acids is 1. The molecule has 5 rings (SSSR count). The Morgan fingerprint density at radius 3 is 1.92 bits per heavy atom. The highest BCUT2D eigenvalue weighted by molar-refractivity contribution is 5.85. The van der Waals surface area contributed by atoms with Crippen LogP contribution in [-0.4, -0.2) is 23.8 Å². The van der Waals surface area contributed by atoms with Gasteiger partial charge in [-0.1, -0.05) is 78.9 Å². The van der Waals surface area contributed by atoms with Gasteiger partial charge in [-0.25, -0.2) is 8.78 Å². The highest BCUT2D eigenvalue weighted by Crippen LogP contribution is 2.37. The van der Waals surface area contributed by atoms with Gasteiger partial charge in [0, 0.05) is 37.9 Å². The monoisotopic (exact) mass is 503 g/mol. The van der Waals surface area contributed by atoms with Gasteiger partial charge >= 0.3 is 0 Å². The number of Topliss-reactive ketones (excluding diaryl/α,β-unsaturated/α-hetero) is 1. The standard InChI is InChI=1S/C31H27F2NO.ClH/c32-26-14-10-23(11-15-26)31(24-12-16-27(33)17-13-24)29-21-34(19-18-30(29)35)20-25-8-4-5-9-28(25)22-6-2-1-3-7-22;/h1-17,29,31H,18-21H2;1H. The van der Waals surface area contributed by atoms with E-state index in [9.17, 15) is 13.6 Å². The van der Waals surface area contributed by atoms with Crippen molar-refractivity contribution < 1.29 is 13.6 Å². The molecule has 0 radical (unpaired) electrons. The molecule has 5 heteroatoms. The van der Waals surface area contributed by atoms with E-state index in [0.29, 0.717) is 19.5 Å². The summed E-state index contributed by atoms with van der Waals surface area (Å²) < 4.78 is 27.4. The number of nitrogens with zero attached hydrogens (tertiary/aromatic N) is 1. The summed E-state index contributed by atoms with van der Waals surface area (Å²) in [7, 11) is 0. The first-order valence-electron chi connectivity index (χ1n) is 12.0. The van der Waals surface area contributed by atoms with E-state index in [4.69, 9.17) is 0 Å². The van der Waals surface area contributed by atoms with Gasteiger partial charge in [-0.05, 0) is 52.1 Å². The van der Waals surface area contributed by atoms with E-state index >= 15 is 0 Å². The quantitative estimate of drug-likeness (QED) is 0.275. The third-order valence-electron chi connectivity index (χ3n) is 6.90. The van der Waals surface area contributed by atoms with Crippen LogP contribution in [0, 0.1) is 17.6 Å². The third-order valence-corrected chi connectivity index (χ3v) is 6.90. The minimum Gasteiger partial charge on any atom is -0.299 e. The second-order valence-electron chi connectivity index (χ2n) is 9.16. The fourth-order valence-corrected chi connectivity index (χ4v) is 5.16. The predicted molar refractivity (Wildman–Crippen MR) is 142 cm³/mol. The van der Waals surface area contributed by atoms with Crippen LogP contribution >= 0.6 is 12.4 Å². The average Bonchev–Trinajstić information content (AvgIpc) is 2.89. The van der Waals surface area contributed by atoms with Crippen molar-refractivity contribution in [1.82, 2.24) is 4.90 Å². The van der Waals surface area contributed by atoms with E-state index in [1.54, 1.807) is 24.3 Å².